The van der Waals surface area contributed by atoms with E-state index < -0.39 is 6.10 Å². The van der Waals surface area contributed by atoms with Crippen LogP contribution < -0.4 is 5.32 Å². The van der Waals surface area contributed by atoms with E-state index in [1.54, 1.807) is 6.20 Å². The minimum Gasteiger partial charge on any atom is -0.389 e. The molecule has 0 bridgehead atoms. The van der Waals surface area contributed by atoms with Gasteiger partial charge in [0, 0.05) is 19.3 Å². The highest BCUT2D eigenvalue weighted by Gasteiger charge is 2.03. The number of aromatic nitrogens is 1. The lowest BCUT2D eigenvalue weighted by Crippen LogP contribution is -2.25. The summed E-state index contributed by atoms with van der Waals surface area (Å²) in [5.74, 6) is 0.770. The molecule has 1 aromatic rings. The molecule has 0 amide bonds. The predicted molar refractivity (Wildman–Crippen MR) is 59.8 cm³/mol. The molecular weight excluding hydrogens is 192 g/mol. The number of pyridine rings is 1. The van der Waals surface area contributed by atoms with Gasteiger partial charge in [0.15, 0.2) is 0 Å². The van der Waals surface area contributed by atoms with Crippen LogP contribution in [-0.4, -0.2) is 36.0 Å². The number of aliphatic hydroxyl groups excluding tert-OH is 1. The smallest absolute Gasteiger partial charge is 0.125 e. The van der Waals surface area contributed by atoms with Crippen molar-refractivity contribution in [3.8, 4) is 0 Å². The van der Waals surface area contributed by atoms with Gasteiger partial charge in [0.2, 0.25) is 0 Å². The van der Waals surface area contributed by atoms with Gasteiger partial charge in [-0.05, 0) is 18.6 Å². The second-order valence-corrected chi connectivity index (χ2v) is 3.32. The lowest BCUT2D eigenvalue weighted by molar-refractivity contribution is 0.0436. The van der Waals surface area contributed by atoms with Crippen LogP contribution in [0.4, 0.5) is 5.82 Å². The first kappa shape index (κ1) is 11.9. The van der Waals surface area contributed by atoms with Crippen molar-refractivity contribution in [2.24, 2.45) is 0 Å². The Labute approximate surface area is 90.3 Å². The molecule has 15 heavy (non-hydrogen) atoms. The Morgan fingerprint density at radius 2 is 2.40 bits per heavy atom. The fraction of sp³-hybridized carbons (Fsp3) is 0.545. The SMILES string of the molecule is CCCOCC(O)CNc1ccccn1. The third-order valence-electron chi connectivity index (χ3n) is 1.84. The average Bonchev–Trinajstić information content (AvgIpc) is 2.28. The highest BCUT2D eigenvalue weighted by molar-refractivity contribution is 5.33. The Morgan fingerprint density at radius 1 is 1.53 bits per heavy atom. The second kappa shape index (κ2) is 7.20. The van der Waals surface area contributed by atoms with Crippen LogP contribution in [0, 0.1) is 0 Å². The quantitative estimate of drug-likeness (QED) is 0.666. The molecule has 1 unspecified atom stereocenters. The number of ether oxygens (including phenoxy) is 1. The molecule has 0 aliphatic heterocycles. The van der Waals surface area contributed by atoms with E-state index in [4.69, 9.17) is 4.74 Å². The van der Waals surface area contributed by atoms with Gasteiger partial charge in [-0.25, -0.2) is 4.98 Å². The minimum atomic E-state index is -0.487. The summed E-state index contributed by atoms with van der Waals surface area (Å²) in [6.07, 6.45) is 2.20. The van der Waals surface area contributed by atoms with Gasteiger partial charge in [0.05, 0.1) is 12.7 Å². The summed E-state index contributed by atoms with van der Waals surface area (Å²) in [7, 11) is 0. The van der Waals surface area contributed by atoms with Crippen molar-refractivity contribution < 1.29 is 9.84 Å². The molecule has 0 saturated carbocycles. The normalized spacial score (nSPS) is 12.4. The molecule has 4 nitrogen and oxygen atoms in total. The van der Waals surface area contributed by atoms with Crippen molar-refractivity contribution >= 4 is 5.82 Å². The molecule has 0 spiro atoms. The maximum absolute atomic E-state index is 9.52. The van der Waals surface area contributed by atoms with Crippen molar-refractivity contribution in [2.45, 2.75) is 19.4 Å². The lowest BCUT2D eigenvalue weighted by Gasteiger charge is -2.12. The third-order valence-corrected chi connectivity index (χ3v) is 1.84. The summed E-state index contributed by atoms with van der Waals surface area (Å²) in [4.78, 5) is 4.08. The number of hydrogen-bond acceptors (Lipinski definition) is 4. The van der Waals surface area contributed by atoms with Gasteiger partial charge < -0.3 is 15.2 Å². The van der Waals surface area contributed by atoms with Gasteiger partial charge in [-0.15, -0.1) is 0 Å². The molecule has 1 rings (SSSR count). The van der Waals surface area contributed by atoms with Crippen LogP contribution in [0.15, 0.2) is 24.4 Å². The zero-order valence-electron chi connectivity index (χ0n) is 9.02. The van der Waals surface area contributed by atoms with Crippen molar-refractivity contribution in [2.75, 3.05) is 25.1 Å². The van der Waals surface area contributed by atoms with E-state index >= 15 is 0 Å². The lowest BCUT2D eigenvalue weighted by atomic mass is 10.3. The third kappa shape index (κ3) is 5.34. The van der Waals surface area contributed by atoms with Gasteiger partial charge in [-0.3, -0.25) is 0 Å². The Hall–Kier alpha value is -1.13. The molecule has 84 valence electrons. The maximum Gasteiger partial charge on any atom is 0.125 e. The van der Waals surface area contributed by atoms with Crippen molar-refractivity contribution in [3.05, 3.63) is 24.4 Å². The Bertz CT molecular complexity index is 254. The fourth-order valence-electron chi connectivity index (χ4n) is 1.11. The fourth-order valence-corrected chi connectivity index (χ4v) is 1.11. The van der Waals surface area contributed by atoms with Crippen LogP contribution >= 0.6 is 0 Å². The molecule has 0 aromatic carbocycles. The standard InChI is InChI=1S/C11H18N2O2/c1-2-7-15-9-10(14)8-13-11-5-3-4-6-12-11/h3-6,10,14H,2,7-9H2,1H3,(H,12,13). The second-order valence-electron chi connectivity index (χ2n) is 3.32. The zero-order valence-corrected chi connectivity index (χ0v) is 9.02. The van der Waals surface area contributed by atoms with Gasteiger partial charge in [0.1, 0.15) is 5.82 Å². The number of aliphatic hydroxyl groups is 1. The van der Waals surface area contributed by atoms with E-state index in [2.05, 4.69) is 10.3 Å². The number of hydrogen-bond donors (Lipinski definition) is 2. The van der Waals surface area contributed by atoms with Crippen LogP contribution in [0.5, 0.6) is 0 Å². The summed E-state index contributed by atoms with van der Waals surface area (Å²) in [6.45, 7) is 3.56. The van der Waals surface area contributed by atoms with Crippen LogP contribution in [0.3, 0.4) is 0 Å². The summed E-state index contributed by atoms with van der Waals surface area (Å²) in [5.41, 5.74) is 0. The molecule has 1 atom stereocenters. The van der Waals surface area contributed by atoms with E-state index in [0.717, 1.165) is 12.2 Å². The first-order chi connectivity index (χ1) is 7.33. The predicted octanol–water partition coefficient (Wildman–Crippen LogP) is 1.28. The van der Waals surface area contributed by atoms with Crippen LogP contribution in [0.1, 0.15) is 13.3 Å². The molecular formula is C11H18N2O2. The molecule has 0 saturated heterocycles. The maximum atomic E-state index is 9.52. The molecule has 0 aliphatic carbocycles. The van der Waals surface area contributed by atoms with Gasteiger partial charge in [0.25, 0.3) is 0 Å². The minimum absolute atomic E-state index is 0.369. The summed E-state index contributed by atoms with van der Waals surface area (Å²) >= 11 is 0. The molecule has 4 heteroatoms. The van der Waals surface area contributed by atoms with Crippen molar-refractivity contribution in [1.82, 2.24) is 4.98 Å². The summed E-state index contributed by atoms with van der Waals surface area (Å²) < 4.78 is 5.22. The Morgan fingerprint density at radius 3 is 3.07 bits per heavy atom. The van der Waals surface area contributed by atoms with Crippen LogP contribution in [0.2, 0.25) is 0 Å². The van der Waals surface area contributed by atoms with E-state index in [0.29, 0.717) is 19.8 Å². The molecule has 1 aromatic heterocycles. The van der Waals surface area contributed by atoms with Gasteiger partial charge in [-0.1, -0.05) is 13.0 Å². The number of nitrogens with one attached hydrogen (secondary N) is 1. The largest absolute Gasteiger partial charge is 0.389 e. The molecule has 0 aliphatic rings. The van der Waals surface area contributed by atoms with Gasteiger partial charge >= 0.3 is 0 Å². The van der Waals surface area contributed by atoms with E-state index in [1.165, 1.54) is 0 Å². The van der Waals surface area contributed by atoms with E-state index in [-0.39, 0.29) is 0 Å². The zero-order chi connectivity index (χ0) is 10.9. The van der Waals surface area contributed by atoms with Crippen LogP contribution in [-0.2, 0) is 4.74 Å². The summed E-state index contributed by atoms with van der Waals surface area (Å²) in [6, 6.07) is 5.61. The number of anilines is 1. The first-order valence-corrected chi connectivity index (χ1v) is 5.23. The first-order valence-electron chi connectivity index (χ1n) is 5.23. The van der Waals surface area contributed by atoms with Crippen molar-refractivity contribution in [1.29, 1.82) is 0 Å². The Kier molecular flexibility index (Phi) is 5.73. The summed E-state index contributed by atoms with van der Waals surface area (Å²) in [5, 5.41) is 12.6. The monoisotopic (exact) mass is 210 g/mol. The number of nitrogens with zero attached hydrogens (tertiary/aromatic N) is 1. The van der Waals surface area contributed by atoms with Crippen molar-refractivity contribution in [3.63, 3.8) is 0 Å². The number of rotatable bonds is 7. The average molecular weight is 210 g/mol. The molecule has 0 fully saturated rings. The highest BCUT2D eigenvalue weighted by atomic mass is 16.5. The van der Waals surface area contributed by atoms with Gasteiger partial charge in [-0.2, -0.15) is 0 Å². The molecule has 0 radical (unpaired) electrons. The van der Waals surface area contributed by atoms with Crippen LogP contribution in [0.25, 0.3) is 0 Å². The van der Waals surface area contributed by atoms with E-state index in [9.17, 15) is 5.11 Å². The van der Waals surface area contributed by atoms with E-state index in [1.807, 2.05) is 25.1 Å². The topological polar surface area (TPSA) is 54.4 Å². The molecule has 1 heterocycles. The Balaban J connectivity index is 2.14. The molecule has 2 N–H and O–H groups in total. The highest BCUT2D eigenvalue weighted by Crippen LogP contribution is 1.99.